The van der Waals surface area contributed by atoms with Crippen molar-refractivity contribution in [1.82, 2.24) is 15.3 Å². The molecular formula is C13H18F3N3. The lowest BCUT2D eigenvalue weighted by Gasteiger charge is -2.12. The van der Waals surface area contributed by atoms with Crippen LogP contribution in [-0.4, -0.2) is 22.2 Å². The van der Waals surface area contributed by atoms with Crippen molar-refractivity contribution in [3.63, 3.8) is 0 Å². The Hall–Kier alpha value is -1.17. The molecule has 1 aliphatic rings. The zero-order valence-corrected chi connectivity index (χ0v) is 11.1. The first-order valence-electron chi connectivity index (χ1n) is 6.48. The summed E-state index contributed by atoms with van der Waals surface area (Å²) in [5.74, 6) is 0.280. The molecule has 0 atom stereocenters. The van der Waals surface area contributed by atoms with Crippen LogP contribution in [-0.2, 0) is 13.0 Å². The standard InChI is InChI=1S/C13H18F3N3/c1-8-11(7-17-10-3-4-10)9(2)19-12(18-8)5-6-13(14,15)16/h10,17H,3-7H2,1-2H3. The molecule has 0 saturated heterocycles. The van der Waals surface area contributed by atoms with E-state index in [4.69, 9.17) is 0 Å². The molecule has 1 saturated carbocycles. The molecule has 0 spiro atoms. The Morgan fingerprint density at radius 1 is 1.16 bits per heavy atom. The molecule has 1 fully saturated rings. The SMILES string of the molecule is Cc1nc(CCC(F)(F)F)nc(C)c1CNC1CC1. The van der Waals surface area contributed by atoms with Gasteiger partial charge in [0.25, 0.3) is 0 Å². The van der Waals surface area contributed by atoms with E-state index in [0.29, 0.717) is 12.6 Å². The Kier molecular flexibility index (Phi) is 4.08. The summed E-state index contributed by atoms with van der Waals surface area (Å²) in [5.41, 5.74) is 2.55. The summed E-state index contributed by atoms with van der Waals surface area (Å²) in [6, 6.07) is 0.587. The van der Waals surface area contributed by atoms with E-state index in [0.717, 1.165) is 17.0 Å². The van der Waals surface area contributed by atoms with Crippen LogP contribution in [0.4, 0.5) is 13.2 Å². The third-order valence-electron chi connectivity index (χ3n) is 3.24. The third kappa shape index (κ3) is 4.45. The van der Waals surface area contributed by atoms with Crippen LogP contribution in [0.2, 0.25) is 0 Å². The minimum atomic E-state index is -4.16. The van der Waals surface area contributed by atoms with Crippen molar-refractivity contribution in [2.75, 3.05) is 0 Å². The normalized spacial score (nSPS) is 15.8. The summed E-state index contributed by atoms with van der Waals surface area (Å²) < 4.78 is 36.5. The van der Waals surface area contributed by atoms with Crippen LogP contribution in [0.15, 0.2) is 0 Å². The molecule has 3 nitrogen and oxygen atoms in total. The Bertz CT molecular complexity index is 430. The van der Waals surface area contributed by atoms with E-state index in [2.05, 4.69) is 15.3 Å². The van der Waals surface area contributed by atoms with Crippen LogP contribution in [0.1, 0.15) is 42.0 Å². The van der Waals surface area contributed by atoms with Gasteiger partial charge < -0.3 is 5.32 Å². The molecule has 1 aromatic heterocycles. The Morgan fingerprint density at radius 2 is 1.74 bits per heavy atom. The highest BCUT2D eigenvalue weighted by molar-refractivity contribution is 5.24. The van der Waals surface area contributed by atoms with E-state index in [1.54, 1.807) is 0 Å². The second-order valence-corrected chi connectivity index (χ2v) is 5.06. The molecule has 0 amide bonds. The average Bonchev–Trinajstić information content (AvgIpc) is 3.08. The number of nitrogens with zero attached hydrogens (tertiary/aromatic N) is 2. The molecule has 0 unspecified atom stereocenters. The monoisotopic (exact) mass is 273 g/mol. The fourth-order valence-electron chi connectivity index (χ4n) is 1.96. The summed E-state index contributed by atoms with van der Waals surface area (Å²) in [6.45, 7) is 4.35. The second kappa shape index (κ2) is 5.45. The lowest BCUT2D eigenvalue weighted by Crippen LogP contribution is -2.19. The van der Waals surface area contributed by atoms with Gasteiger partial charge in [-0.2, -0.15) is 13.2 Å². The van der Waals surface area contributed by atoms with E-state index < -0.39 is 12.6 Å². The Labute approximate surface area is 110 Å². The Morgan fingerprint density at radius 3 is 2.21 bits per heavy atom. The summed E-state index contributed by atoms with van der Waals surface area (Å²) in [5, 5.41) is 3.37. The van der Waals surface area contributed by atoms with Crippen molar-refractivity contribution >= 4 is 0 Å². The topological polar surface area (TPSA) is 37.8 Å². The van der Waals surface area contributed by atoms with Crippen LogP contribution >= 0.6 is 0 Å². The van der Waals surface area contributed by atoms with Crippen molar-refractivity contribution in [3.05, 3.63) is 22.8 Å². The maximum Gasteiger partial charge on any atom is 0.389 e. The highest BCUT2D eigenvalue weighted by Gasteiger charge is 2.27. The molecule has 0 radical (unpaired) electrons. The minimum absolute atomic E-state index is 0.151. The van der Waals surface area contributed by atoms with Crippen molar-refractivity contribution in [2.24, 2.45) is 0 Å². The highest BCUT2D eigenvalue weighted by Crippen LogP contribution is 2.22. The predicted octanol–water partition coefficient (Wildman–Crippen LogP) is 2.84. The fourth-order valence-corrected chi connectivity index (χ4v) is 1.96. The molecule has 2 rings (SSSR count). The van der Waals surface area contributed by atoms with Gasteiger partial charge in [0.05, 0.1) is 6.42 Å². The van der Waals surface area contributed by atoms with Crippen LogP contribution in [0.25, 0.3) is 0 Å². The van der Waals surface area contributed by atoms with Gasteiger partial charge in [0.15, 0.2) is 0 Å². The van der Waals surface area contributed by atoms with Gasteiger partial charge in [-0.3, -0.25) is 0 Å². The molecule has 6 heteroatoms. The summed E-state index contributed by atoms with van der Waals surface area (Å²) in [4.78, 5) is 8.37. The van der Waals surface area contributed by atoms with Gasteiger partial charge in [0, 0.05) is 36.0 Å². The van der Waals surface area contributed by atoms with Gasteiger partial charge in [-0.25, -0.2) is 9.97 Å². The second-order valence-electron chi connectivity index (χ2n) is 5.06. The van der Waals surface area contributed by atoms with Crippen LogP contribution in [0.3, 0.4) is 0 Å². The van der Waals surface area contributed by atoms with Crippen molar-refractivity contribution in [2.45, 2.75) is 58.3 Å². The molecular weight excluding hydrogens is 255 g/mol. The smallest absolute Gasteiger partial charge is 0.310 e. The van der Waals surface area contributed by atoms with E-state index >= 15 is 0 Å². The number of rotatable bonds is 5. The summed E-state index contributed by atoms with van der Waals surface area (Å²) >= 11 is 0. The fraction of sp³-hybridized carbons (Fsp3) is 0.692. The lowest BCUT2D eigenvalue weighted by atomic mass is 10.1. The molecule has 0 aromatic carbocycles. The minimum Gasteiger partial charge on any atom is -0.310 e. The zero-order chi connectivity index (χ0) is 14.0. The van der Waals surface area contributed by atoms with Gasteiger partial charge in [0.1, 0.15) is 5.82 Å². The van der Waals surface area contributed by atoms with E-state index in [1.165, 1.54) is 12.8 Å². The first-order chi connectivity index (χ1) is 8.85. The van der Waals surface area contributed by atoms with Crippen LogP contribution in [0.5, 0.6) is 0 Å². The quantitative estimate of drug-likeness (QED) is 0.896. The van der Waals surface area contributed by atoms with Gasteiger partial charge in [-0.1, -0.05) is 0 Å². The number of nitrogens with one attached hydrogen (secondary N) is 1. The van der Waals surface area contributed by atoms with E-state index in [1.807, 2.05) is 13.8 Å². The largest absolute Gasteiger partial charge is 0.389 e. The molecule has 1 N–H and O–H groups in total. The number of halogens is 3. The van der Waals surface area contributed by atoms with Crippen molar-refractivity contribution in [3.8, 4) is 0 Å². The maximum absolute atomic E-state index is 12.2. The number of aryl methyl sites for hydroxylation is 3. The number of hydrogen-bond donors (Lipinski definition) is 1. The number of alkyl halides is 3. The predicted molar refractivity (Wildman–Crippen MR) is 65.7 cm³/mol. The first kappa shape index (κ1) is 14.2. The molecule has 1 aromatic rings. The van der Waals surface area contributed by atoms with E-state index in [-0.39, 0.29) is 12.2 Å². The van der Waals surface area contributed by atoms with E-state index in [9.17, 15) is 13.2 Å². The van der Waals surface area contributed by atoms with Gasteiger partial charge >= 0.3 is 6.18 Å². The molecule has 0 aliphatic heterocycles. The van der Waals surface area contributed by atoms with Gasteiger partial charge in [-0.15, -0.1) is 0 Å². The molecule has 19 heavy (non-hydrogen) atoms. The van der Waals surface area contributed by atoms with Crippen molar-refractivity contribution in [1.29, 1.82) is 0 Å². The molecule has 106 valence electrons. The molecule has 1 aliphatic carbocycles. The third-order valence-corrected chi connectivity index (χ3v) is 3.24. The van der Waals surface area contributed by atoms with Crippen LogP contribution < -0.4 is 5.32 Å². The first-order valence-corrected chi connectivity index (χ1v) is 6.48. The number of hydrogen-bond acceptors (Lipinski definition) is 3. The zero-order valence-electron chi connectivity index (χ0n) is 11.1. The van der Waals surface area contributed by atoms with Gasteiger partial charge in [-0.05, 0) is 26.7 Å². The maximum atomic E-state index is 12.2. The van der Waals surface area contributed by atoms with Gasteiger partial charge in [0.2, 0.25) is 0 Å². The molecule has 1 heterocycles. The van der Waals surface area contributed by atoms with Crippen LogP contribution in [0, 0.1) is 13.8 Å². The summed E-state index contributed by atoms with van der Waals surface area (Å²) in [6.07, 6.45) is -2.78. The highest BCUT2D eigenvalue weighted by atomic mass is 19.4. The Balaban J connectivity index is 2.02. The number of aromatic nitrogens is 2. The molecule has 0 bridgehead atoms. The average molecular weight is 273 g/mol. The lowest BCUT2D eigenvalue weighted by molar-refractivity contribution is -0.134. The summed E-state index contributed by atoms with van der Waals surface area (Å²) in [7, 11) is 0. The van der Waals surface area contributed by atoms with Crippen molar-refractivity contribution < 1.29 is 13.2 Å².